The first-order chi connectivity index (χ1) is 12.7. The quantitative estimate of drug-likeness (QED) is 0.611. The molecule has 0 amide bonds. The Bertz CT molecular complexity index is 720. The molecule has 1 saturated carbocycles. The van der Waals surface area contributed by atoms with Gasteiger partial charge in [0.1, 0.15) is 11.9 Å². The minimum absolute atomic E-state index is 0.0539. The van der Waals surface area contributed by atoms with Crippen molar-refractivity contribution in [3.63, 3.8) is 0 Å². The average Bonchev–Trinajstić information content (AvgIpc) is 2.85. The Morgan fingerprint density at radius 2 is 1.89 bits per heavy atom. The molecule has 3 rings (SSSR count). The SMILES string of the molecule is COc1ccc(C(=O)O[C@@H]2CC(C)=CC[C@]3(C)CC[C@@](O)(C(C)C)[C@@H]23)cc1. The van der Waals surface area contributed by atoms with Crippen molar-refractivity contribution in [3.8, 4) is 5.75 Å². The minimum atomic E-state index is -0.807. The molecule has 0 heterocycles. The number of benzene rings is 1. The normalized spacial score (nSPS) is 33.2. The Morgan fingerprint density at radius 3 is 2.48 bits per heavy atom. The number of carbonyl (C=O) groups is 1. The Hall–Kier alpha value is -1.81. The van der Waals surface area contributed by atoms with E-state index in [4.69, 9.17) is 9.47 Å². The van der Waals surface area contributed by atoms with Gasteiger partial charge in [-0.2, -0.15) is 0 Å². The number of hydrogen-bond acceptors (Lipinski definition) is 4. The van der Waals surface area contributed by atoms with Crippen LogP contribution in [0.5, 0.6) is 5.75 Å². The summed E-state index contributed by atoms with van der Waals surface area (Å²) in [6, 6.07) is 6.98. The van der Waals surface area contributed by atoms with Crippen LogP contribution in [0.2, 0.25) is 0 Å². The van der Waals surface area contributed by atoms with Crippen molar-refractivity contribution in [2.45, 2.75) is 65.1 Å². The van der Waals surface area contributed by atoms with E-state index in [1.165, 1.54) is 5.57 Å². The van der Waals surface area contributed by atoms with Crippen LogP contribution in [0.25, 0.3) is 0 Å². The Kier molecular flexibility index (Phi) is 5.40. The molecule has 0 radical (unpaired) electrons. The lowest BCUT2D eigenvalue weighted by Gasteiger charge is -2.43. The number of allylic oxidation sites excluding steroid dienone is 1. The molecule has 0 unspecified atom stereocenters. The summed E-state index contributed by atoms with van der Waals surface area (Å²) in [5.41, 5.74) is 0.874. The van der Waals surface area contributed by atoms with Gasteiger partial charge in [-0.1, -0.05) is 32.4 Å². The molecule has 1 N–H and O–H groups in total. The first kappa shape index (κ1) is 19.9. The van der Waals surface area contributed by atoms with Crippen molar-refractivity contribution in [3.05, 3.63) is 41.5 Å². The fourth-order valence-corrected chi connectivity index (χ4v) is 5.02. The van der Waals surface area contributed by atoms with Crippen LogP contribution in [0, 0.1) is 17.3 Å². The summed E-state index contributed by atoms with van der Waals surface area (Å²) < 4.78 is 11.2. The van der Waals surface area contributed by atoms with Crippen molar-refractivity contribution >= 4 is 5.97 Å². The lowest BCUT2D eigenvalue weighted by atomic mass is 9.67. The van der Waals surface area contributed by atoms with Gasteiger partial charge in [-0.15, -0.1) is 0 Å². The molecule has 4 nitrogen and oxygen atoms in total. The third-order valence-electron chi connectivity index (χ3n) is 6.78. The fourth-order valence-electron chi connectivity index (χ4n) is 5.02. The highest BCUT2D eigenvalue weighted by atomic mass is 16.5. The van der Waals surface area contributed by atoms with Crippen LogP contribution in [-0.2, 0) is 4.74 Å². The molecular weight excluding hydrogens is 340 g/mol. The number of aliphatic hydroxyl groups is 1. The van der Waals surface area contributed by atoms with Crippen LogP contribution in [0.4, 0.5) is 0 Å². The van der Waals surface area contributed by atoms with E-state index in [1.54, 1.807) is 31.4 Å². The molecule has 2 aliphatic rings. The van der Waals surface area contributed by atoms with Gasteiger partial charge in [-0.25, -0.2) is 4.79 Å². The number of rotatable bonds is 4. The van der Waals surface area contributed by atoms with E-state index in [0.717, 1.165) is 19.3 Å². The smallest absolute Gasteiger partial charge is 0.338 e. The van der Waals surface area contributed by atoms with Crippen molar-refractivity contribution < 1.29 is 19.4 Å². The van der Waals surface area contributed by atoms with Crippen LogP contribution in [0.3, 0.4) is 0 Å². The van der Waals surface area contributed by atoms with Crippen LogP contribution < -0.4 is 4.74 Å². The van der Waals surface area contributed by atoms with Crippen LogP contribution in [0.15, 0.2) is 35.9 Å². The summed E-state index contributed by atoms with van der Waals surface area (Å²) in [4.78, 5) is 12.8. The molecule has 0 aromatic heterocycles. The van der Waals surface area contributed by atoms with Crippen molar-refractivity contribution in [2.24, 2.45) is 17.3 Å². The second-order valence-electron chi connectivity index (χ2n) is 8.91. The maximum atomic E-state index is 12.8. The highest BCUT2D eigenvalue weighted by Crippen LogP contribution is 2.58. The Balaban J connectivity index is 1.90. The Labute approximate surface area is 162 Å². The predicted octanol–water partition coefficient (Wildman–Crippen LogP) is 4.76. The van der Waals surface area contributed by atoms with Crippen molar-refractivity contribution in [2.75, 3.05) is 7.11 Å². The molecule has 148 valence electrons. The molecule has 4 atom stereocenters. The highest BCUT2D eigenvalue weighted by Gasteiger charge is 2.59. The third-order valence-corrected chi connectivity index (χ3v) is 6.78. The van der Waals surface area contributed by atoms with Gasteiger partial charge in [-0.05, 0) is 61.8 Å². The van der Waals surface area contributed by atoms with Gasteiger partial charge < -0.3 is 14.6 Å². The average molecular weight is 373 g/mol. The lowest BCUT2D eigenvalue weighted by molar-refractivity contribution is -0.112. The summed E-state index contributed by atoms with van der Waals surface area (Å²) in [5, 5.41) is 11.5. The molecule has 0 saturated heterocycles. The minimum Gasteiger partial charge on any atom is -0.497 e. The molecule has 0 bridgehead atoms. The number of fused-ring (bicyclic) bond motifs is 1. The number of methoxy groups -OCH3 is 1. The zero-order valence-electron chi connectivity index (χ0n) is 17.1. The van der Waals surface area contributed by atoms with E-state index in [1.807, 2.05) is 0 Å². The third kappa shape index (κ3) is 3.64. The van der Waals surface area contributed by atoms with E-state index in [9.17, 15) is 9.90 Å². The van der Waals surface area contributed by atoms with Gasteiger partial charge in [0.2, 0.25) is 0 Å². The van der Waals surface area contributed by atoms with E-state index < -0.39 is 5.60 Å². The summed E-state index contributed by atoms with van der Waals surface area (Å²) in [7, 11) is 1.60. The highest BCUT2D eigenvalue weighted by molar-refractivity contribution is 5.89. The fraction of sp³-hybridized carbons (Fsp3) is 0.609. The van der Waals surface area contributed by atoms with Crippen LogP contribution >= 0.6 is 0 Å². The standard InChI is InChI=1S/C23H32O4/c1-15(2)23(25)13-12-22(4)11-10-16(3)14-19(20(22)23)27-21(24)17-6-8-18(26-5)9-7-17/h6-10,15,19-20,25H,11-14H2,1-5H3/t19-,20+,22-,23-/m1/s1. The molecule has 1 aromatic carbocycles. The van der Waals surface area contributed by atoms with Gasteiger partial charge in [-0.3, -0.25) is 0 Å². The summed E-state index contributed by atoms with van der Waals surface area (Å²) >= 11 is 0. The maximum Gasteiger partial charge on any atom is 0.338 e. The van der Waals surface area contributed by atoms with E-state index in [-0.39, 0.29) is 29.3 Å². The summed E-state index contributed by atoms with van der Waals surface area (Å²) in [5.74, 6) is 0.417. The monoisotopic (exact) mass is 372 g/mol. The molecule has 0 aliphatic heterocycles. The number of esters is 1. The van der Waals surface area contributed by atoms with Gasteiger partial charge in [0.05, 0.1) is 18.3 Å². The van der Waals surface area contributed by atoms with Gasteiger partial charge in [0, 0.05) is 12.3 Å². The van der Waals surface area contributed by atoms with E-state index >= 15 is 0 Å². The van der Waals surface area contributed by atoms with E-state index in [0.29, 0.717) is 17.7 Å². The first-order valence-electron chi connectivity index (χ1n) is 9.92. The summed E-state index contributed by atoms with van der Waals surface area (Å²) in [6.07, 6.45) is 5.26. The molecule has 1 aromatic rings. The molecule has 0 spiro atoms. The zero-order chi connectivity index (χ0) is 19.8. The van der Waals surface area contributed by atoms with Gasteiger partial charge >= 0.3 is 5.97 Å². The van der Waals surface area contributed by atoms with E-state index in [2.05, 4.69) is 33.8 Å². The largest absolute Gasteiger partial charge is 0.497 e. The molecule has 4 heteroatoms. The second kappa shape index (κ2) is 7.31. The van der Waals surface area contributed by atoms with Gasteiger partial charge in [0.15, 0.2) is 0 Å². The van der Waals surface area contributed by atoms with Crippen molar-refractivity contribution in [1.29, 1.82) is 0 Å². The number of hydrogen-bond donors (Lipinski definition) is 1. The number of ether oxygens (including phenoxy) is 2. The van der Waals surface area contributed by atoms with Gasteiger partial charge in [0.25, 0.3) is 0 Å². The first-order valence-corrected chi connectivity index (χ1v) is 9.92. The topological polar surface area (TPSA) is 55.8 Å². The molecule has 1 fully saturated rings. The molecule has 2 aliphatic carbocycles. The predicted molar refractivity (Wildman–Crippen MR) is 106 cm³/mol. The van der Waals surface area contributed by atoms with Crippen molar-refractivity contribution in [1.82, 2.24) is 0 Å². The number of carbonyl (C=O) groups excluding carboxylic acids is 1. The van der Waals surface area contributed by atoms with Crippen LogP contribution in [0.1, 0.15) is 63.7 Å². The van der Waals surface area contributed by atoms with Crippen LogP contribution in [-0.4, -0.2) is 29.9 Å². The molecule has 27 heavy (non-hydrogen) atoms. The Morgan fingerprint density at radius 1 is 1.22 bits per heavy atom. The maximum absolute atomic E-state index is 12.8. The lowest BCUT2D eigenvalue weighted by Crippen LogP contribution is -2.50. The summed E-state index contributed by atoms with van der Waals surface area (Å²) in [6.45, 7) is 8.47. The zero-order valence-corrected chi connectivity index (χ0v) is 17.1. The molecular formula is C23H32O4. The second-order valence-corrected chi connectivity index (χ2v) is 8.91.